The van der Waals surface area contributed by atoms with Crippen molar-refractivity contribution in [3.8, 4) is 11.8 Å². The molecule has 1 aliphatic heterocycles. The lowest BCUT2D eigenvalue weighted by Crippen LogP contribution is -2.30. The smallest absolute Gasteiger partial charge is 0.0447 e. The van der Waals surface area contributed by atoms with Crippen LogP contribution in [-0.4, -0.2) is 28.5 Å². The highest BCUT2D eigenvalue weighted by atomic mass is 127. The van der Waals surface area contributed by atoms with E-state index in [9.17, 15) is 0 Å². The zero-order valence-electron chi connectivity index (χ0n) is 9.22. The van der Waals surface area contributed by atoms with Gasteiger partial charge < -0.3 is 4.90 Å². The predicted octanol–water partition coefficient (Wildman–Crippen LogP) is 2.94. The van der Waals surface area contributed by atoms with Gasteiger partial charge in [-0.3, -0.25) is 0 Å². The zero-order valence-corrected chi connectivity index (χ0v) is 11.4. The van der Waals surface area contributed by atoms with Crippen LogP contribution >= 0.6 is 22.6 Å². The molecule has 1 rings (SSSR count). The molecular weight excluding hydrogens is 285 g/mol. The number of alkyl halides is 1. The highest BCUT2D eigenvalue weighted by Gasteiger charge is 2.20. The molecule has 1 heterocycles. The number of halogens is 1. The van der Waals surface area contributed by atoms with Gasteiger partial charge >= 0.3 is 0 Å². The van der Waals surface area contributed by atoms with Gasteiger partial charge in [0.1, 0.15) is 0 Å². The lowest BCUT2D eigenvalue weighted by molar-refractivity contribution is 0.305. The van der Waals surface area contributed by atoms with E-state index in [2.05, 4.69) is 46.3 Å². The fourth-order valence-corrected chi connectivity index (χ4v) is 2.37. The highest BCUT2D eigenvalue weighted by molar-refractivity contribution is 14.1. The van der Waals surface area contributed by atoms with Crippen molar-refractivity contribution in [3.63, 3.8) is 0 Å². The summed E-state index contributed by atoms with van der Waals surface area (Å²) in [5.74, 6) is 7.01. The Kier molecular flexibility index (Phi) is 5.88. The first-order chi connectivity index (χ1) is 6.77. The quantitative estimate of drug-likeness (QED) is 0.438. The van der Waals surface area contributed by atoms with E-state index in [0.717, 1.165) is 0 Å². The molecule has 80 valence electrons. The normalized spacial score (nSPS) is 21.4. The van der Waals surface area contributed by atoms with Crippen molar-refractivity contribution in [2.45, 2.75) is 37.0 Å². The van der Waals surface area contributed by atoms with Crippen molar-refractivity contribution in [1.29, 1.82) is 0 Å². The van der Waals surface area contributed by atoms with E-state index in [1.54, 1.807) is 0 Å². The Hall–Kier alpha value is 0.250. The second-order valence-corrected chi connectivity index (χ2v) is 5.53. The Morgan fingerprint density at radius 1 is 1.36 bits per heavy atom. The molecule has 1 nitrogen and oxygen atoms in total. The SMILES string of the molecule is CC#CC(CN1CCCC1)C(I)CC. The lowest BCUT2D eigenvalue weighted by atomic mass is 10.0. The van der Waals surface area contributed by atoms with Crippen molar-refractivity contribution in [2.24, 2.45) is 5.92 Å². The van der Waals surface area contributed by atoms with Crippen LogP contribution in [0.15, 0.2) is 0 Å². The first-order valence-corrected chi connectivity index (χ1v) is 6.81. The first kappa shape index (κ1) is 12.3. The first-order valence-electron chi connectivity index (χ1n) is 5.56. The Morgan fingerprint density at radius 2 is 2.00 bits per heavy atom. The molecule has 0 spiro atoms. The molecule has 0 amide bonds. The van der Waals surface area contributed by atoms with Gasteiger partial charge in [-0.1, -0.05) is 35.4 Å². The van der Waals surface area contributed by atoms with Gasteiger partial charge in [-0.25, -0.2) is 0 Å². The second-order valence-electron chi connectivity index (χ2n) is 3.93. The van der Waals surface area contributed by atoms with Gasteiger partial charge in [-0.05, 0) is 39.3 Å². The van der Waals surface area contributed by atoms with E-state index >= 15 is 0 Å². The van der Waals surface area contributed by atoms with Gasteiger partial charge in [-0.2, -0.15) is 0 Å². The fourth-order valence-electron chi connectivity index (χ4n) is 1.96. The number of hydrogen-bond acceptors (Lipinski definition) is 1. The average molecular weight is 305 g/mol. The Balaban J connectivity index is 2.44. The minimum absolute atomic E-state index is 0.573. The molecule has 0 bridgehead atoms. The molecule has 2 atom stereocenters. The van der Waals surface area contributed by atoms with Crippen LogP contribution in [0.4, 0.5) is 0 Å². The molecule has 2 unspecified atom stereocenters. The summed E-state index contributed by atoms with van der Waals surface area (Å²) in [6.45, 7) is 7.97. The summed E-state index contributed by atoms with van der Waals surface area (Å²) in [5.41, 5.74) is 0. The van der Waals surface area contributed by atoms with E-state index < -0.39 is 0 Å². The topological polar surface area (TPSA) is 3.24 Å². The van der Waals surface area contributed by atoms with Gasteiger partial charge in [0, 0.05) is 16.4 Å². The molecule has 0 radical (unpaired) electrons. The minimum Gasteiger partial charge on any atom is -0.302 e. The molecule has 0 aromatic rings. The molecule has 0 aliphatic carbocycles. The van der Waals surface area contributed by atoms with E-state index in [1.807, 2.05) is 6.92 Å². The van der Waals surface area contributed by atoms with Crippen LogP contribution < -0.4 is 0 Å². The molecule has 1 aliphatic rings. The minimum atomic E-state index is 0.573. The highest BCUT2D eigenvalue weighted by Crippen LogP contribution is 2.20. The van der Waals surface area contributed by atoms with Gasteiger partial charge in [0.15, 0.2) is 0 Å². The summed E-state index contributed by atoms with van der Waals surface area (Å²) in [6.07, 6.45) is 3.99. The largest absolute Gasteiger partial charge is 0.302 e. The third kappa shape index (κ3) is 3.78. The molecule has 14 heavy (non-hydrogen) atoms. The third-order valence-corrected chi connectivity index (χ3v) is 4.56. The van der Waals surface area contributed by atoms with Gasteiger partial charge in [0.05, 0.1) is 0 Å². The maximum atomic E-state index is 3.36. The summed E-state index contributed by atoms with van der Waals surface area (Å²) in [4.78, 5) is 2.57. The summed E-state index contributed by atoms with van der Waals surface area (Å²) >= 11 is 2.55. The van der Waals surface area contributed by atoms with Crippen LogP contribution in [0.3, 0.4) is 0 Å². The van der Waals surface area contributed by atoms with E-state index in [1.165, 1.54) is 38.9 Å². The second kappa shape index (κ2) is 6.68. The standard InChI is InChI=1S/C12H20IN/c1-3-7-11(12(13)4-2)10-14-8-5-6-9-14/h11-12H,4-6,8-10H2,1-2H3. The number of hydrogen-bond donors (Lipinski definition) is 0. The van der Waals surface area contributed by atoms with Crippen molar-refractivity contribution in [3.05, 3.63) is 0 Å². The van der Waals surface area contributed by atoms with E-state index in [-0.39, 0.29) is 0 Å². The maximum absolute atomic E-state index is 3.36. The average Bonchev–Trinajstić information content (AvgIpc) is 2.68. The third-order valence-electron chi connectivity index (χ3n) is 2.81. The summed E-state index contributed by atoms with van der Waals surface area (Å²) < 4.78 is 0.709. The Bertz CT molecular complexity index is 210. The van der Waals surface area contributed by atoms with Crippen molar-refractivity contribution in [2.75, 3.05) is 19.6 Å². The van der Waals surface area contributed by atoms with Crippen molar-refractivity contribution in [1.82, 2.24) is 4.90 Å². The molecule has 0 saturated carbocycles. The molecule has 0 N–H and O–H groups in total. The van der Waals surface area contributed by atoms with Crippen LogP contribution in [0.25, 0.3) is 0 Å². The van der Waals surface area contributed by atoms with Crippen molar-refractivity contribution < 1.29 is 0 Å². The molecule has 1 saturated heterocycles. The molecule has 1 fully saturated rings. The predicted molar refractivity (Wildman–Crippen MR) is 70.7 cm³/mol. The summed E-state index contributed by atoms with van der Waals surface area (Å²) in [6, 6.07) is 0. The Labute approximate surface area is 102 Å². The molecular formula is C12H20IN. The maximum Gasteiger partial charge on any atom is 0.0447 e. The lowest BCUT2D eigenvalue weighted by Gasteiger charge is -2.22. The monoisotopic (exact) mass is 305 g/mol. The van der Waals surface area contributed by atoms with Gasteiger partial charge in [0.25, 0.3) is 0 Å². The summed E-state index contributed by atoms with van der Waals surface area (Å²) in [5, 5.41) is 0. The Morgan fingerprint density at radius 3 is 2.50 bits per heavy atom. The van der Waals surface area contributed by atoms with E-state index in [4.69, 9.17) is 0 Å². The van der Waals surface area contributed by atoms with Crippen LogP contribution in [0, 0.1) is 17.8 Å². The number of nitrogens with zero attached hydrogens (tertiary/aromatic N) is 1. The fraction of sp³-hybridized carbons (Fsp3) is 0.833. The zero-order chi connectivity index (χ0) is 10.4. The summed E-state index contributed by atoms with van der Waals surface area (Å²) in [7, 11) is 0. The number of likely N-dealkylation sites (tertiary alicyclic amines) is 1. The van der Waals surface area contributed by atoms with Crippen LogP contribution in [0.1, 0.15) is 33.1 Å². The molecule has 2 heteroatoms. The van der Waals surface area contributed by atoms with Crippen LogP contribution in [0.5, 0.6) is 0 Å². The molecule has 0 aromatic heterocycles. The van der Waals surface area contributed by atoms with Crippen LogP contribution in [0.2, 0.25) is 0 Å². The van der Waals surface area contributed by atoms with Gasteiger partial charge in [-0.15, -0.1) is 5.92 Å². The molecule has 0 aromatic carbocycles. The van der Waals surface area contributed by atoms with Crippen LogP contribution in [-0.2, 0) is 0 Å². The number of rotatable bonds is 4. The van der Waals surface area contributed by atoms with Gasteiger partial charge in [0.2, 0.25) is 0 Å². The van der Waals surface area contributed by atoms with E-state index in [0.29, 0.717) is 9.84 Å². The van der Waals surface area contributed by atoms with Crippen molar-refractivity contribution >= 4 is 22.6 Å².